The van der Waals surface area contributed by atoms with Gasteiger partial charge in [-0.25, -0.2) is 0 Å². The summed E-state index contributed by atoms with van der Waals surface area (Å²) in [7, 11) is 0. The summed E-state index contributed by atoms with van der Waals surface area (Å²) in [4.78, 5) is 4.00. The summed E-state index contributed by atoms with van der Waals surface area (Å²) < 4.78 is 6.15. The van der Waals surface area contributed by atoms with Crippen molar-refractivity contribution in [1.29, 1.82) is 0 Å². The van der Waals surface area contributed by atoms with Gasteiger partial charge in [-0.3, -0.25) is 0 Å². The summed E-state index contributed by atoms with van der Waals surface area (Å²) in [5.74, 6) is 0. The van der Waals surface area contributed by atoms with Crippen LogP contribution in [-0.4, -0.2) is 4.98 Å². The van der Waals surface area contributed by atoms with Crippen molar-refractivity contribution in [1.82, 2.24) is 4.98 Å². The molecule has 2 nitrogen and oxygen atoms in total. The molecule has 0 aliphatic carbocycles. The lowest BCUT2D eigenvalue weighted by Gasteiger charge is -1.86. The van der Waals surface area contributed by atoms with E-state index in [0.717, 1.165) is 14.7 Å². The first-order valence-corrected chi connectivity index (χ1v) is 4.43. The fraction of sp³-hybridized carbons (Fsp3) is 0. The van der Waals surface area contributed by atoms with Gasteiger partial charge in [0.05, 0.1) is 0 Å². The van der Waals surface area contributed by atoms with Gasteiger partial charge in [0.15, 0.2) is 5.58 Å². The molecule has 0 saturated carbocycles. The zero-order valence-corrected chi connectivity index (χ0v) is 8.26. The largest absolute Gasteiger partial charge is 0.428 e. The highest BCUT2D eigenvalue weighted by Crippen LogP contribution is 2.22. The predicted molar refractivity (Wildman–Crippen MR) is 51.7 cm³/mol. The second kappa shape index (κ2) is 2.64. The Balaban J connectivity index is 2.90. The molecule has 0 atom stereocenters. The zero-order chi connectivity index (χ0) is 7.84. The summed E-state index contributed by atoms with van der Waals surface area (Å²) in [5, 5.41) is 0.198. The fourth-order valence-corrected chi connectivity index (χ4v) is 1.65. The molecule has 0 saturated heterocycles. The van der Waals surface area contributed by atoms with E-state index in [0.29, 0.717) is 0 Å². The second-order valence-electron chi connectivity index (χ2n) is 2.05. The Hall–Kier alpha value is -0.290. The van der Waals surface area contributed by atoms with Gasteiger partial charge >= 0.3 is 0 Å². The Bertz CT molecular complexity index is 398. The average Bonchev–Trinajstić information content (AvgIpc) is 2.31. The third-order valence-corrected chi connectivity index (χ3v) is 2.38. The predicted octanol–water partition coefficient (Wildman–Crippen LogP) is 3.09. The van der Waals surface area contributed by atoms with Crippen molar-refractivity contribution in [3.05, 3.63) is 27.1 Å². The molecular weight excluding hydrogens is 276 g/mol. The lowest BCUT2D eigenvalue weighted by Crippen LogP contribution is -1.72. The molecule has 0 unspecified atom stereocenters. The minimum absolute atomic E-state index is 0.198. The summed E-state index contributed by atoms with van der Waals surface area (Å²) >= 11 is 7.76. The van der Waals surface area contributed by atoms with Gasteiger partial charge in [0.25, 0.3) is 5.35 Å². The molecular formula is C7H3ClINO. The van der Waals surface area contributed by atoms with Gasteiger partial charge in [0.2, 0.25) is 0 Å². The minimum Gasteiger partial charge on any atom is -0.428 e. The van der Waals surface area contributed by atoms with Crippen LogP contribution in [0, 0.1) is 3.57 Å². The maximum absolute atomic E-state index is 5.57. The Kier molecular flexibility index (Phi) is 1.77. The number of hydrogen-bond acceptors (Lipinski definition) is 2. The maximum Gasteiger partial charge on any atom is 0.293 e. The van der Waals surface area contributed by atoms with Gasteiger partial charge in [-0.15, -0.1) is 0 Å². The van der Waals surface area contributed by atoms with Crippen molar-refractivity contribution in [2.24, 2.45) is 0 Å². The van der Waals surface area contributed by atoms with Gasteiger partial charge in [-0.1, -0.05) is 6.07 Å². The highest BCUT2D eigenvalue weighted by molar-refractivity contribution is 14.1. The fourth-order valence-electron chi connectivity index (χ4n) is 0.888. The van der Waals surface area contributed by atoms with Gasteiger partial charge in [0, 0.05) is 3.57 Å². The summed E-state index contributed by atoms with van der Waals surface area (Å²) in [6, 6.07) is 5.71. The Morgan fingerprint density at radius 2 is 2.27 bits per heavy atom. The molecule has 4 heteroatoms. The van der Waals surface area contributed by atoms with E-state index >= 15 is 0 Å². The molecule has 2 aromatic rings. The quantitative estimate of drug-likeness (QED) is 0.693. The molecule has 0 aliphatic rings. The molecule has 2 rings (SSSR count). The van der Waals surface area contributed by atoms with Gasteiger partial charge in [0.1, 0.15) is 5.52 Å². The van der Waals surface area contributed by atoms with E-state index in [-0.39, 0.29) is 5.35 Å². The maximum atomic E-state index is 5.57. The van der Waals surface area contributed by atoms with Crippen LogP contribution in [0.5, 0.6) is 0 Å². The third kappa shape index (κ3) is 1.22. The molecule has 0 fully saturated rings. The first-order valence-electron chi connectivity index (χ1n) is 2.98. The second-order valence-corrected chi connectivity index (χ2v) is 3.54. The van der Waals surface area contributed by atoms with Crippen LogP contribution >= 0.6 is 34.2 Å². The number of oxazole rings is 1. The molecule has 0 bridgehead atoms. The number of nitrogens with zero attached hydrogens (tertiary/aromatic N) is 1. The van der Waals surface area contributed by atoms with Gasteiger partial charge < -0.3 is 4.42 Å². The number of aromatic nitrogens is 1. The van der Waals surface area contributed by atoms with E-state index in [1.807, 2.05) is 18.2 Å². The Morgan fingerprint density at radius 1 is 1.45 bits per heavy atom. The van der Waals surface area contributed by atoms with Crippen molar-refractivity contribution in [2.45, 2.75) is 0 Å². The van der Waals surface area contributed by atoms with Crippen LogP contribution in [0.15, 0.2) is 22.6 Å². The van der Waals surface area contributed by atoms with E-state index < -0.39 is 0 Å². The molecule has 0 radical (unpaired) electrons. The van der Waals surface area contributed by atoms with E-state index in [1.165, 1.54) is 0 Å². The summed E-state index contributed by atoms with van der Waals surface area (Å²) in [5.41, 5.74) is 1.57. The van der Waals surface area contributed by atoms with Crippen molar-refractivity contribution in [3.8, 4) is 0 Å². The number of halogens is 2. The van der Waals surface area contributed by atoms with Crippen LogP contribution in [0.3, 0.4) is 0 Å². The first-order chi connectivity index (χ1) is 5.27. The number of hydrogen-bond donors (Lipinski definition) is 0. The average molecular weight is 279 g/mol. The van der Waals surface area contributed by atoms with Crippen molar-refractivity contribution < 1.29 is 4.42 Å². The summed E-state index contributed by atoms with van der Waals surface area (Å²) in [6.45, 7) is 0. The van der Waals surface area contributed by atoms with Crippen LogP contribution in [0.25, 0.3) is 11.1 Å². The molecule has 11 heavy (non-hydrogen) atoms. The normalized spacial score (nSPS) is 10.7. The van der Waals surface area contributed by atoms with Crippen molar-refractivity contribution in [2.75, 3.05) is 0 Å². The van der Waals surface area contributed by atoms with Crippen molar-refractivity contribution in [3.63, 3.8) is 0 Å². The van der Waals surface area contributed by atoms with Crippen molar-refractivity contribution >= 4 is 45.3 Å². The zero-order valence-electron chi connectivity index (χ0n) is 5.34. The molecule has 1 aromatic heterocycles. The lowest BCUT2D eigenvalue weighted by atomic mass is 10.3. The highest BCUT2D eigenvalue weighted by Gasteiger charge is 2.04. The SMILES string of the molecule is Clc1nc2c(I)cccc2o1. The van der Waals surface area contributed by atoms with Crippen LogP contribution in [0.2, 0.25) is 5.35 Å². The molecule has 1 heterocycles. The first kappa shape index (κ1) is 7.36. The molecule has 0 aliphatic heterocycles. The topological polar surface area (TPSA) is 26.0 Å². The minimum atomic E-state index is 0.198. The van der Waals surface area contributed by atoms with Gasteiger partial charge in [-0.2, -0.15) is 4.98 Å². The molecule has 1 aromatic carbocycles. The van der Waals surface area contributed by atoms with E-state index in [2.05, 4.69) is 27.6 Å². The molecule has 0 N–H and O–H groups in total. The Morgan fingerprint density at radius 3 is 3.00 bits per heavy atom. The number of fused-ring (bicyclic) bond motifs is 1. The number of rotatable bonds is 0. The smallest absolute Gasteiger partial charge is 0.293 e. The Labute approximate surface area is 81.7 Å². The third-order valence-electron chi connectivity index (χ3n) is 1.34. The lowest BCUT2D eigenvalue weighted by molar-refractivity contribution is 0.604. The van der Waals surface area contributed by atoms with E-state index in [1.54, 1.807) is 0 Å². The van der Waals surface area contributed by atoms with E-state index in [9.17, 15) is 0 Å². The van der Waals surface area contributed by atoms with Crippen LogP contribution in [0.1, 0.15) is 0 Å². The monoisotopic (exact) mass is 279 g/mol. The summed E-state index contributed by atoms with van der Waals surface area (Å²) in [6.07, 6.45) is 0. The van der Waals surface area contributed by atoms with Gasteiger partial charge in [-0.05, 0) is 46.3 Å². The highest BCUT2D eigenvalue weighted by atomic mass is 127. The number of para-hydroxylation sites is 1. The van der Waals surface area contributed by atoms with Crippen LogP contribution in [-0.2, 0) is 0 Å². The molecule has 0 spiro atoms. The van der Waals surface area contributed by atoms with E-state index in [4.69, 9.17) is 16.0 Å². The van der Waals surface area contributed by atoms with Crippen LogP contribution < -0.4 is 0 Å². The number of benzene rings is 1. The standard InChI is InChI=1S/C7H3ClINO/c8-7-10-6-4(9)2-1-3-5(6)11-7/h1-3H. The molecule has 0 amide bonds. The molecule has 56 valence electrons. The van der Waals surface area contributed by atoms with Crippen LogP contribution in [0.4, 0.5) is 0 Å².